The summed E-state index contributed by atoms with van der Waals surface area (Å²) in [5.74, 6) is 3.05. The number of allylic oxidation sites excluding steroid dienone is 3. The first-order valence-corrected chi connectivity index (χ1v) is 10.8. The molecule has 30 heavy (non-hydrogen) atoms. The molecule has 1 heterocycles. The van der Waals surface area contributed by atoms with Crippen molar-refractivity contribution in [3.8, 4) is 11.5 Å². The van der Waals surface area contributed by atoms with Crippen molar-refractivity contribution in [2.75, 3.05) is 5.32 Å². The van der Waals surface area contributed by atoms with Crippen LogP contribution in [0.15, 0.2) is 93.8 Å². The van der Waals surface area contributed by atoms with E-state index in [-0.39, 0.29) is 6.29 Å². The summed E-state index contributed by atoms with van der Waals surface area (Å²) in [7, 11) is 0. The van der Waals surface area contributed by atoms with Gasteiger partial charge in [-0.15, -0.1) is 0 Å². The van der Waals surface area contributed by atoms with Gasteiger partial charge in [-0.2, -0.15) is 0 Å². The molecule has 3 N–H and O–H groups in total. The van der Waals surface area contributed by atoms with Gasteiger partial charge in [0.2, 0.25) is 0 Å². The van der Waals surface area contributed by atoms with Crippen LogP contribution in [0.25, 0.3) is 0 Å². The van der Waals surface area contributed by atoms with Crippen LogP contribution < -0.4 is 20.7 Å². The second kappa shape index (κ2) is 9.22. The van der Waals surface area contributed by atoms with Gasteiger partial charge in [0.15, 0.2) is 12.0 Å². The molecule has 0 bridgehead atoms. The van der Waals surface area contributed by atoms with Crippen LogP contribution in [0.2, 0.25) is 0 Å². The number of anilines is 1. The topological polar surface area (TPSA) is 57.7 Å². The standard InChI is InChI=1S/C24H25BrN4O/c1-16(18-12-13-18)14-17(2)27-23-20(25)15-26-24(29-23)28-21-10-6-7-11-22(21)30-19-8-4-3-5-9-19/h3-11,14-15,18,24,27-29H,2,12-13H2,1H3/b16-14+. The van der Waals surface area contributed by atoms with E-state index in [2.05, 4.69) is 56.5 Å². The summed E-state index contributed by atoms with van der Waals surface area (Å²) in [4.78, 5) is 4.52. The first-order valence-electron chi connectivity index (χ1n) is 10.0. The molecule has 0 amide bonds. The number of nitrogens with one attached hydrogen (secondary N) is 3. The van der Waals surface area contributed by atoms with Crippen LogP contribution in [-0.2, 0) is 0 Å². The van der Waals surface area contributed by atoms with Crippen LogP contribution in [-0.4, -0.2) is 12.5 Å². The van der Waals surface area contributed by atoms with Crippen molar-refractivity contribution in [3.05, 3.63) is 88.8 Å². The lowest BCUT2D eigenvalue weighted by atomic mass is 10.1. The van der Waals surface area contributed by atoms with E-state index in [0.29, 0.717) is 0 Å². The molecule has 4 rings (SSSR count). The number of aliphatic imine (C=N–C) groups is 1. The third-order valence-electron chi connectivity index (χ3n) is 4.92. The predicted octanol–water partition coefficient (Wildman–Crippen LogP) is 5.87. The number of ether oxygens (including phenoxy) is 1. The average molecular weight is 465 g/mol. The third-order valence-corrected chi connectivity index (χ3v) is 5.52. The van der Waals surface area contributed by atoms with Gasteiger partial charge < -0.3 is 20.7 Å². The van der Waals surface area contributed by atoms with Gasteiger partial charge in [0.05, 0.1) is 10.2 Å². The zero-order chi connectivity index (χ0) is 20.9. The molecule has 2 aliphatic rings. The Bertz CT molecular complexity index is 1010. The average Bonchev–Trinajstić information content (AvgIpc) is 3.58. The molecule has 6 heteroatoms. The minimum atomic E-state index is -0.351. The predicted molar refractivity (Wildman–Crippen MR) is 127 cm³/mol. The zero-order valence-electron chi connectivity index (χ0n) is 16.9. The summed E-state index contributed by atoms with van der Waals surface area (Å²) in [5, 5.41) is 10.1. The quantitative estimate of drug-likeness (QED) is 0.427. The molecule has 0 saturated heterocycles. The molecule has 0 radical (unpaired) electrons. The van der Waals surface area contributed by atoms with Crippen molar-refractivity contribution in [1.29, 1.82) is 0 Å². The Labute approximate surface area is 185 Å². The molecule has 1 aliphatic carbocycles. The van der Waals surface area contributed by atoms with Gasteiger partial charge in [0.1, 0.15) is 11.6 Å². The van der Waals surface area contributed by atoms with Gasteiger partial charge in [0.25, 0.3) is 0 Å². The first-order chi connectivity index (χ1) is 14.6. The van der Waals surface area contributed by atoms with Gasteiger partial charge in [-0.25, -0.2) is 4.99 Å². The van der Waals surface area contributed by atoms with E-state index in [4.69, 9.17) is 4.74 Å². The molecule has 1 atom stereocenters. The van der Waals surface area contributed by atoms with Crippen molar-refractivity contribution in [2.45, 2.75) is 26.1 Å². The van der Waals surface area contributed by atoms with E-state index in [1.165, 1.54) is 18.4 Å². The summed E-state index contributed by atoms with van der Waals surface area (Å²) < 4.78 is 6.88. The Kier molecular flexibility index (Phi) is 6.23. The number of para-hydroxylation sites is 3. The monoisotopic (exact) mass is 464 g/mol. The molecule has 0 aromatic heterocycles. The van der Waals surface area contributed by atoms with Crippen molar-refractivity contribution < 1.29 is 4.74 Å². The lowest BCUT2D eigenvalue weighted by Crippen LogP contribution is -2.41. The Hall–Kier alpha value is -2.99. The number of rotatable bonds is 8. The highest BCUT2D eigenvalue weighted by Crippen LogP contribution is 2.36. The Balaban J connectivity index is 1.42. The molecule has 2 aromatic carbocycles. The van der Waals surface area contributed by atoms with Crippen LogP contribution in [0.5, 0.6) is 11.5 Å². The summed E-state index contributed by atoms with van der Waals surface area (Å²) in [6.45, 7) is 6.30. The van der Waals surface area contributed by atoms with Gasteiger partial charge in [0, 0.05) is 11.9 Å². The summed E-state index contributed by atoms with van der Waals surface area (Å²) in [6, 6.07) is 17.5. The molecule has 1 unspecified atom stereocenters. The van der Waals surface area contributed by atoms with E-state index in [9.17, 15) is 0 Å². The fourth-order valence-electron chi connectivity index (χ4n) is 3.18. The molecule has 154 valence electrons. The van der Waals surface area contributed by atoms with E-state index >= 15 is 0 Å². The van der Waals surface area contributed by atoms with Gasteiger partial charge in [-0.05, 0) is 72.0 Å². The second-order valence-corrected chi connectivity index (χ2v) is 8.27. The van der Waals surface area contributed by atoms with E-state index in [0.717, 1.165) is 39.1 Å². The SMILES string of the molecule is C=C(/C=C(\C)C1CC1)NC1=C(Br)C=NC(Nc2ccccc2Oc2ccccc2)N1. The zero-order valence-corrected chi connectivity index (χ0v) is 18.4. The van der Waals surface area contributed by atoms with Crippen molar-refractivity contribution in [2.24, 2.45) is 10.9 Å². The van der Waals surface area contributed by atoms with Gasteiger partial charge in [-0.3, -0.25) is 0 Å². The fraction of sp³-hybridized carbons (Fsp3) is 0.208. The maximum absolute atomic E-state index is 6.03. The van der Waals surface area contributed by atoms with Crippen molar-refractivity contribution >= 4 is 27.8 Å². The maximum atomic E-state index is 6.03. The second-order valence-electron chi connectivity index (χ2n) is 7.42. The lowest BCUT2D eigenvalue weighted by molar-refractivity contribution is 0.482. The number of nitrogens with zero attached hydrogens (tertiary/aromatic N) is 1. The highest BCUT2D eigenvalue weighted by Gasteiger charge is 2.23. The minimum absolute atomic E-state index is 0.351. The van der Waals surface area contributed by atoms with Crippen LogP contribution >= 0.6 is 15.9 Å². The molecule has 1 fully saturated rings. The van der Waals surface area contributed by atoms with E-state index in [1.807, 2.05) is 54.6 Å². The van der Waals surface area contributed by atoms with Crippen molar-refractivity contribution in [3.63, 3.8) is 0 Å². The number of benzene rings is 2. The fourth-order valence-corrected chi connectivity index (χ4v) is 3.51. The van der Waals surface area contributed by atoms with Crippen LogP contribution in [0.3, 0.4) is 0 Å². The minimum Gasteiger partial charge on any atom is -0.455 e. The number of halogens is 1. The summed E-state index contributed by atoms with van der Waals surface area (Å²) in [5.41, 5.74) is 3.06. The molecular weight excluding hydrogens is 440 g/mol. The van der Waals surface area contributed by atoms with Crippen LogP contribution in [0.4, 0.5) is 5.69 Å². The lowest BCUT2D eigenvalue weighted by Gasteiger charge is -2.26. The van der Waals surface area contributed by atoms with Gasteiger partial charge >= 0.3 is 0 Å². The smallest absolute Gasteiger partial charge is 0.195 e. The normalized spacial score (nSPS) is 18.6. The summed E-state index contributed by atoms with van der Waals surface area (Å²) in [6.07, 6.45) is 6.11. The molecular formula is C24H25BrN4O. The Morgan fingerprint density at radius 2 is 1.90 bits per heavy atom. The molecule has 1 aliphatic heterocycles. The maximum Gasteiger partial charge on any atom is 0.195 e. The Morgan fingerprint density at radius 3 is 2.67 bits per heavy atom. The van der Waals surface area contributed by atoms with E-state index in [1.54, 1.807) is 6.21 Å². The highest BCUT2D eigenvalue weighted by atomic mass is 79.9. The third kappa shape index (κ3) is 5.33. The summed E-state index contributed by atoms with van der Waals surface area (Å²) >= 11 is 3.55. The number of hydrogen-bond donors (Lipinski definition) is 3. The molecule has 0 spiro atoms. The molecule has 1 saturated carbocycles. The number of hydrogen-bond acceptors (Lipinski definition) is 5. The largest absolute Gasteiger partial charge is 0.455 e. The van der Waals surface area contributed by atoms with Crippen LogP contribution in [0.1, 0.15) is 19.8 Å². The van der Waals surface area contributed by atoms with E-state index < -0.39 is 0 Å². The van der Waals surface area contributed by atoms with Crippen molar-refractivity contribution in [1.82, 2.24) is 10.6 Å². The highest BCUT2D eigenvalue weighted by molar-refractivity contribution is 9.12. The Morgan fingerprint density at radius 1 is 1.17 bits per heavy atom. The molecule has 5 nitrogen and oxygen atoms in total. The van der Waals surface area contributed by atoms with Gasteiger partial charge in [-0.1, -0.05) is 42.5 Å². The van der Waals surface area contributed by atoms with Crippen LogP contribution in [0, 0.1) is 5.92 Å². The molecule has 2 aromatic rings. The first kappa shape index (κ1) is 20.3.